The summed E-state index contributed by atoms with van der Waals surface area (Å²) in [7, 11) is -3.77. The fourth-order valence-electron chi connectivity index (χ4n) is 4.37. The highest BCUT2D eigenvalue weighted by molar-refractivity contribution is 7.89. The Balaban J connectivity index is 1.32. The summed E-state index contributed by atoms with van der Waals surface area (Å²) in [5.74, 6) is -1.10. The van der Waals surface area contributed by atoms with Crippen LogP contribution in [0.4, 0.5) is 0 Å². The zero-order valence-electron chi connectivity index (χ0n) is 19.2. The van der Waals surface area contributed by atoms with Gasteiger partial charge in [-0.1, -0.05) is 42.0 Å². The number of hydrogen-bond donors (Lipinski definition) is 1. The van der Waals surface area contributed by atoms with Gasteiger partial charge in [0, 0.05) is 19.6 Å². The van der Waals surface area contributed by atoms with E-state index in [1.54, 1.807) is 0 Å². The lowest BCUT2D eigenvalue weighted by molar-refractivity contribution is -0.124. The van der Waals surface area contributed by atoms with E-state index in [1.807, 2.05) is 24.3 Å². The maximum Gasteiger partial charge on any atom is 0.338 e. The Morgan fingerprint density at radius 3 is 2.62 bits per heavy atom. The van der Waals surface area contributed by atoms with Crippen molar-refractivity contribution in [3.05, 3.63) is 76.9 Å². The molecule has 2 aliphatic rings. The van der Waals surface area contributed by atoms with Crippen molar-refractivity contribution >= 4 is 21.9 Å². The van der Waals surface area contributed by atoms with Gasteiger partial charge in [0.1, 0.15) is 0 Å². The average molecular weight is 483 g/mol. The Labute approximate surface area is 200 Å². The molecule has 7 nitrogen and oxygen atoms in total. The number of sulfonamides is 1. The standard InChI is InChI=1S/C26H30N2O5S/c29-25(27-15-13-20-7-2-1-3-8-20)19-33-26(30)22-11-6-12-24(17-22)34(31,32)28-16-14-21-9-4-5-10-23(21)18-28/h4-7,9-12,17H,1-3,8,13-16,18-19H2,(H,27,29). The summed E-state index contributed by atoms with van der Waals surface area (Å²) >= 11 is 0. The van der Waals surface area contributed by atoms with E-state index in [1.165, 1.54) is 47.0 Å². The molecular weight excluding hydrogens is 452 g/mol. The maximum absolute atomic E-state index is 13.2. The van der Waals surface area contributed by atoms with E-state index >= 15 is 0 Å². The smallest absolute Gasteiger partial charge is 0.338 e. The summed E-state index contributed by atoms with van der Waals surface area (Å²) in [4.78, 5) is 24.5. The number of hydrogen-bond acceptors (Lipinski definition) is 5. The van der Waals surface area contributed by atoms with Gasteiger partial charge in [-0.3, -0.25) is 4.79 Å². The third-order valence-electron chi connectivity index (χ3n) is 6.29. The Kier molecular flexibility index (Phi) is 7.80. The molecular formula is C26H30N2O5S. The molecule has 1 aliphatic heterocycles. The summed E-state index contributed by atoms with van der Waals surface area (Å²) in [5, 5.41) is 2.76. The third-order valence-corrected chi connectivity index (χ3v) is 8.13. The topological polar surface area (TPSA) is 92.8 Å². The van der Waals surface area contributed by atoms with E-state index in [2.05, 4.69) is 11.4 Å². The average Bonchev–Trinajstić information content (AvgIpc) is 2.87. The van der Waals surface area contributed by atoms with Crippen molar-refractivity contribution in [1.29, 1.82) is 0 Å². The van der Waals surface area contributed by atoms with Gasteiger partial charge in [0.2, 0.25) is 10.0 Å². The van der Waals surface area contributed by atoms with Crippen LogP contribution >= 0.6 is 0 Å². The number of carbonyl (C=O) groups is 2. The molecule has 1 amide bonds. The highest BCUT2D eigenvalue weighted by Crippen LogP contribution is 2.25. The second-order valence-electron chi connectivity index (χ2n) is 8.67. The van der Waals surface area contributed by atoms with Crippen molar-refractivity contribution in [1.82, 2.24) is 9.62 Å². The number of amides is 1. The molecule has 4 rings (SSSR count). The molecule has 1 heterocycles. The third kappa shape index (κ3) is 5.93. The monoisotopic (exact) mass is 482 g/mol. The van der Waals surface area contributed by atoms with Crippen molar-refractivity contribution < 1.29 is 22.7 Å². The summed E-state index contributed by atoms with van der Waals surface area (Å²) in [6, 6.07) is 13.6. The predicted octanol–water partition coefficient (Wildman–Crippen LogP) is 3.60. The number of nitrogens with one attached hydrogen (secondary N) is 1. The van der Waals surface area contributed by atoms with Crippen molar-refractivity contribution in [3.63, 3.8) is 0 Å². The van der Waals surface area contributed by atoms with Crippen LogP contribution < -0.4 is 5.32 Å². The molecule has 0 aromatic heterocycles. The lowest BCUT2D eigenvalue weighted by Crippen LogP contribution is -2.36. The normalized spacial score (nSPS) is 16.3. The molecule has 2 aromatic rings. The van der Waals surface area contributed by atoms with E-state index < -0.39 is 22.6 Å². The first-order valence-corrected chi connectivity index (χ1v) is 13.2. The van der Waals surface area contributed by atoms with E-state index in [4.69, 9.17) is 4.74 Å². The van der Waals surface area contributed by atoms with Gasteiger partial charge in [0.15, 0.2) is 6.61 Å². The van der Waals surface area contributed by atoms with Gasteiger partial charge in [-0.2, -0.15) is 4.31 Å². The number of benzene rings is 2. The first kappa shape index (κ1) is 24.2. The van der Waals surface area contributed by atoms with Crippen LogP contribution in [0.2, 0.25) is 0 Å². The van der Waals surface area contributed by atoms with Gasteiger partial charge < -0.3 is 10.1 Å². The molecule has 180 valence electrons. The number of esters is 1. The van der Waals surface area contributed by atoms with E-state index in [0.29, 0.717) is 26.1 Å². The molecule has 34 heavy (non-hydrogen) atoms. The minimum absolute atomic E-state index is 0.0338. The number of rotatable bonds is 8. The highest BCUT2D eigenvalue weighted by Gasteiger charge is 2.28. The largest absolute Gasteiger partial charge is 0.452 e. The minimum atomic E-state index is -3.77. The van der Waals surface area contributed by atoms with Crippen LogP contribution in [-0.2, 0) is 32.5 Å². The van der Waals surface area contributed by atoms with Crippen LogP contribution in [0.5, 0.6) is 0 Å². The van der Waals surface area contributed by atoms with Crippen LogP contribution in [-0.4, -0.2) is 44.3 Å². The predicted molar refractivity (Wildman–Crippen MR) is 129 cm³/mol. The maximum atomic E-state index is 13.2. The minimum Gasteiger partial charge on any atom is -0.452 e. The molecule has 8 heteroatoms. The summed E-state index contributed by atoms with van der Waals surface area (Å²) in [6.45, 7) is 0.780. The molecule has 1 aliphatic carbocycles. The lowest BCUT2D eigenvalue weighted by Gasteiger charge is -2.28. The van der Waals surface area contributed by atoms with Crippen molar-refractivity contribution in [2.75, 3.05) is 19.7 Å². The van der Waals surface area contributed by atoms with Gasteiger partial charge in [0.05, 0.1) is 10.5 Å². The van der Waals surface area contributed by atoms with Gasteiger partial charge in [-0.15, -0.1) is 0 Å². The van der Waals surface area contributed by atoms with Crippen LogP contribution in [0, 0.1) is 0 Å². The first-order valence-electron chi connectivity index (χ1n) is 11.7. The van der Waals surface area contributed by atoms with Gasteiger partial charge in [0.25, 0.3) is 5.91 Å². The second-order valence-corrected chi connectivity index (χ2v) is 10.6. The van der Waals surface area contributed by atoms with Crippen LogP contribution in [0.15, 0.2) is 65.1 Å². The Bertz CT molecular complexity index is 1190. The Morgan fingerprint density at radius 1 is 1.00 bits per heavy atom. The highest BCUT2D eigenvalue weighted by atomic mass is 32.2. The van der Waals surface area contributed by atoms with Crippen molar-refractivity contribution in [3.8, 4) is 0 Å². The molecule has 0 saturated carbocycles. The summed E-state index contributed by atoms with van der Waals surface area (Å²) < 4.78 is 32.9. The Hall–Kier alpha value is -2.97. The van der Waals surface area contributed by atoms with E-state index in [0.717, 1.165) is 30.4 Å². The van der Waals surface area contributed by atoms with Crippen molar-refractivity contribution in [2.24, 2.45) is 0 Å². The van der Waals surface area contributed by atoms with Crippen LogP contribution in [0.3, 0.4) is 0 Å². The molecule has 0 radical (unpaired) electrons. The zero-order chi connectivity index (χ0) is 24.0. The quantitative estimate of drug-likeness (QED) is 0.458. The van der Waals surface area contributed by atoms with E-state index in [9.17, 15) is 18.0 Å². The molecule has 0 unspecified atom stereocenters. The van der Waals surface area contributed by atoms with Gasteiger partial charge >= 0.3 is 5.97 Å². The number of allylic oxidation sites excluding steroid dienone is 1. The molecule has 0 saturated heterocycles. The first-order chi connectivity index (χ1) is 16.4. The molecule has 1 N–H and O–H groups in total. The zero-order valence-corrected chi connectivity index (χ0v) is 20.0. The molecule has 2 aromatic carbocycles. The SMILES string of the molecule is O=C(COC(=O)c1cccc(S(=O)(=O)N2CCc3ccccc3C2)c1)NCCC1=CCCCC1. The fourth-order valence-corrected chi connectivity index (χ4v) is 5.83. The number of fused-ring (bicyclic) bond motifs is 1. The number of ether oxygens (including phenoxy) is 1. The summed E-state index contributed by atoms with van der Waals surface area (Å²) in [5.41, 5.74) is 3.59. The lowest BCUT2D eigenvalue weighted by atomic mass is 9.97. The molecule has 0 atom stereocenters. The molecule has 0 fully saturated rings. The van der Waals surface area contributed by atoms with Crippen LogP contribution in [0.25, 0.3) is 0 Å². The molecule has 0 spiro atoms. The fraction of sp³-hybridized carbons (Fsp3) is 0.385. The summed E-state index contributed by atoms with van der Waals surface area (Å²) in [6.07, 6.45) is 8.27. The Morgan fingerprint density at radius 2 is 1.82 bits per heavy atom. The van der Waals surface area contributed by atoms with Crippen molar-refractivity contribution in [2.45, 2.75) is 50.0 Å². The number of carbonyl (C=O) groups excluding carboxylic acids is 2. The number of nitrogens with zero attached hydrogens (tertiary/aromatic N) is 1. The second kappa shape index (κ2) is 11.0. The van der Waals surface area contributed by atoms with Gasteiger partial charge in [-0.05, 0) is 67.9 Å². The van der Waals surface area contributed by atoms with Crippen LogP contribution in [0.1, 0.15) is 53.6 Å². The van der Waals surface area contributed by atoms with E-state index in [-0.39, 0.29) is 16.4 Å². The molecule has 0 bridgehead atoms. The van der Waals surface area contributed by atoms with Gasteiger partial charge in [-0.25, -0.2) is 13.2 Å².